The third-order valence-corrected chi connectivity index (χ3v) is 3.77. The highest BCUT2D eigenvalue weighted by Crippen LogP contribution is 2.19. The molecule has 100 valence electrons. The molecule has 0 aliphatic carbocycles. The zero-order chi connectivity index (χ0) is 13.5. The SMILES string of the molecule is Fc1ccccc1COCC(CBr)c1ccccc1. The van der Waals surface area contributed by atoms with E-state index < -0.39 is 0 Å². The van der Waals surface area contributed by atoms with Crippen molar-refractivity contribution in [3.8, 4) is 0 Å². The van der Waals surface area contributed by atoms with Gasteiger partial charge < -0.3 is 4.74 Å². The molecule has 2 aromatic rings. The van der Waals surface area contributed by atoms with Crippen molar-refractivity contribution in [2.75, 3.05) is 11.9 Å². The van der Waals surface area contributed by atoms with Gasteiger partial charge >= 0.3 is 0 Å². The van der Waals surface area contributed by atoms with Crippen molar-refractivity contribution >= 4 is 15.9 Å². The van der Waals surface area contributed by atoms with Crippen LogP contribution < -0.4 is 0 Å². The topological polar surface area (TPSA) is 9.23 Å². The Kier molecular flexibility index (Phi) is 5.55. The summed E-state index contributed by atoms with van der Waals surface area (Å²) >= 11 is 3.50. The van der Waals surface area contributed by atoms with Gasteiger partial charge in [0.1, 0.15) is 5.82 Å². The summed E-state index contributed by atoms with van der Waals surface area (Å²) in [7, 11) is 0. The molecule has 1 atom stereocenters. The normalized spacial score (nSPS) is 12.3. The van der Waals surface area contributed by atoms with E-state index in [-0.39, 0.29) is 11.7 Å². The molecule has 1 unspecified atom stereocenters. The van der Waals surface area contributed by atoms with E-state index in [0.717, 1.165) is 5.33 Å². The number of benzene rings is 2. The second-order valence-corrected chi connectivity index (χ2v) is 5.02. The highest BCUT2D eigenvalue weighted by Gasteiger charge is 2.10. The lowest BCUT2D eigenvalue weighted by atomic mass is 10.0. The molecule has 0 saturated carbocycles. The Hall–Kier alpha value is -1.19. The van der Waals surface area contributed by atoms with E-state index in [1.165, 1.54) is 11.6 Å². The number of halogens is 2. The van der Waals surface area contributed by atoms with Gasteiger partial charge in [0.2, 0.25) is 0 Å². The van der Waals surface area contributed by atoms with E-state index in [9.17, 15) is 4.39 Å². The van der Waals surface area contributed by atoms with Crippen LogP contribution in [0.1, 0.15) is 17.0 Å². The first-order chi connectivity index (χ1) is 9.31. The molecule has 0 spiro atoms. The zero-order valence-corrected chi connectivity index (χ0v) is 12.1. The Morgan fingerprint density at radius 1 is 1.00 bits per heavy atom. The first-order valence-corrected chi connectivity index (χ1v) is 7.35. The summed E-state index contributed by atoms with van der Waals surface area (Å²) in [5, 5.41) is 0.828. The van der Waals surface area contributed by atoms with Crippen molar-refractivity contribution in [3.05, 3.63) is 71.5 Å². The van der Waals surface area contributed by atoms with E-state index in [4.69, 9.17) is 4.74 Å². The second-order valence-electron chi connectivity index (χ2n) is 4.37. The maximum atomic E-state index is 13.4. The molecule has 0 aliphatic heterocycles. The van der Waals surface area contributed by atoms with Crippen molar-refractivity contribution in [2.45, 2.75) is 12.5 Å². The molecule has 3 heteroatoms. The van der Waals surface area contributed by atoms with Crippen LogP contribution in [0.2, 0.25) is 0 Å². The van der Waals surface area contributed by atoms with E-state index >= 15 is 0 Å². The minimum atomic E-state index is -0.211. The van der Waals surface area contributed by atoms with Gasteiger partial charge in [-0.25, -0.2) is 4.39 Å². The number of ether oxygens (including phenoxy) is 1. The molecule has 0 heterocycles. The fraction of sp³-hybridized carbons (Fsp3) is 0.250. The number of hydrogen-bond donors (Lipinski definition) is 0. The van der Waals surface area contributed by atoms with Gasteiger partial charge in [0, 0.05) is 16.8 Å². The molecule has 0 saturated heterocycles. The van der Waals surface area contributed by atoms with Gasteiger partial charge in [0.25, 0.3) is 0 Å². The van der Waals surface area contributed by atoms with Crippen molar-refractivity contribution < 1.29 is 9.13 Å². The monoisotopic (exact) mass is 322 g/mol. The minimum Gasteiger partial charge on any atom is -0.376 e. The van der Waals surface area contributed by atoms with Crippen LogP contribution in [0, 0.1) is 5.82 Å². The number of rotatable bonds is 6. The van der Waals surface area contributed by atoms with E-state index in [2.05, 4.69) is 28.1 Å². The van der Waals surface area contributed by atoms with Gasteiger partial charge in [-0.2, -0.15) is 0 Å². The Bertz CT molecular complexity index is 501. The fourth-order valence-corrected chi connectivity index (χ4v) is 2.44. The Morgan fingerprint density at radius 3 is 2.37 bits per heavy atom. The third-order valence-electron chi connectivity index (χ3n) is 2.99. The molecule has 2 rings (SSSR count). The summed E-state index contributed by atoms with van der Waals surface area (Å²) in [6, 6.07) is 16.9. The van der Waals surface area contributed by atoms with Crippen molar-refractivity contribution in [1.29, 1.82) is 0 Å². The molecule has 0 fully saturated rings. The van der Waals surface area contributed by atoms with Crippen molar-refractivity contribution in [2.24, 2.45) is 0 Å². The summed E-state index contributed by atoms with van der Waals surface area (Å²) in [6.07, 6.45) is 0. The Morgan fingerprint density at radius 2 is 1.68 bits per heavy atom. The maximum Gasteiger partial charge on any atom is 0.128 e. The van der Waals surface area contributed by atoms with Crippen LogP contribution in [0.4, 0.5) is 4.39 Å². The maximum absolute atomic E-state index is 13.4. The minimum absolute atomic E-state index is 0.211. The average molecular weight is 323 g/mol. The molecule has 0 amide bonds. The summed E-state index contributed by atoms with van der Waals surface area (Å²) in [4.78, 5) is 0. The van der Waals surface area contributed by atoms with Crippen LogP contribution in [0.15, 0.2) is 54.6 Å². The van der Waals surface area contributed by atoms with Crippen LogP contribution in [0.3, 0.4) is 0 Å². The van der Waals surface area contributed by atoms with E-state index in [0.29, 0.717) is 18.8 Å². The molecule has 2 aromatic carbocycles. The third kappa shape index (κ3) is 4.15. The Balaban J connectivity index is 1.89. The van der Waals surface area contributed by atoms with Gasteiger partial charge in [0.05, 0.1) is 13.2 Å². The van der Waals surface area contributed by atoms with Crippen LogP contribution in [0.25, 0.3) is 0 Å². The largest absolute Gasteiger partial charge is 0.376 e. The molecule has 0 N–H and O–H groups in total. The average Bonchev–Trinajstić information content (AvgIpc) is 2.46. The number of hydrogen-bond acceptors (Lipinski definition) is 1. The Labute approximate surface area is 121 Å². The molecule has 0 bridgehead atoms. The summed E-state index contributed by atoms with van der Waals surface area (Å²) in [6.45, 7) is 0.882. The smallest absolute Gasteiger partial charge is 0.128 e. The highest BCUT2D eigenvalue weighted by molar-refractivity contribution is 9.09. The lowest BCUT2D eigenvalue weighted by Crippen LogP contribution is -2.09. The second kappa shape index (κ2) is 7.41. The van der Waals surface area contributed by atoms with Crippen LogP contribution in [-0.4, -0.2) is 11.9 Å². The van der Waals surface area contributed by atoms with E-state index in [1.54, 1.807) is 12.1 Å². The number of alkyl halides is 1. The summed E-state index contributed by atoms with van der Waals surface area (Å²) in [5.41, 5.74) is 1.83. The predicted octanol–water partition coefficient (Wildman–Crippen LogP) is 4.52. The van der Waals surface area contributed by atoms with Gasteiger partial charge in [-0.15, -0.1) is 0 Å². The molecule has 0 aromatic heterocycles. The van der Waals surface area contributed by atoms with Gasteiger partial charge in [-0.05, 0) is 11.6 Å². The lowest BCUT2D eigenvalue weighted by molar-refractivity contribution is 0.109. The molecule has 19 heavy (non-hydrogen) atoms. The molecular weight excluding hydrogens is 307 g/mol. The van der Waals surface area contributed by atoms with Crippen LogP contribution in [0.5, 0.6) is 0 Å². The van der Waals surface area contributed by atoms with Crippen LogP contribution >= 0.6 is 15.9 Å². The molecule has 0 aliphatic rings. The fourth-order valence-electron chi connectivity index (χ4n) is 1.88. The summed E-state index contributed by atoms with van der Waals surface area (Å²) < 4.78 is 19.1. The molecule has 1 nitrogen and oxygen atoms in total. The zero-order valence-electron chi connectivity index (χ0n) is 10.6. The quantitative estimate of drug-likeness (QED) is 0.710. The standard InChI is InChI=1S/C16H16BrFO/c17-10-15(13-6-2-1-3-7-13)12-19-11-14-8-4-5-9-16(14)18/h1-9,15H,10-12H2. The first kappa shape index (κ1) is 14.2. The first-order valence-electron chi connectivity index (χ1n) is 6.23. The highest BCUT2D eigenvalue weighted by atomic mass is 79.9. The van der Waals surface area contributed by atoms with Gasteiger partial charge in [-0.1, -0.05) is 64.5 Å². The van der Waals surface area contributed by atoms with Crippen LogP contribution in [-0.2, 0) is 11.3 Å². The molecular formula is C16H16BrFO. The molecule has 0 radical (unpaired) electrons. The van der Waals surface area contributed by atoms with Crippen molar-refractivity contribution in [3.63, 3.8) is 0 Å². The van der Waals surface area contributed by atoms with Crippen molar-refractivity contribution in [1.82, 2.24) is 0 Å². The van der Waals surface area contributed by atoms with Gasteiger partial charge in [-0.3, -0.25) is 0 Å². The lowest BCUT2D eigenvalue weighted by Gasteiger charge is -2.15. The van der Waals surface area contributed by atoms with Gasteiger partial charge in [0.15, 0.2) is 0 Å². The summed E-state index contributed by atoms with van der Waals surface area (Å²) in [5.74, 6) is 0.0746. The van der Waals surface area contributed by atoms with E-state index in [1.807, 2.05) is 24.3 Å². The predicted molar refractivity (Wildman–Crippen MR) is 79.0 cm³/mol.